The predicted molar refractivity (Wildman–Crippen MR) is 40.4 cm³/mol. The average molecular weight is 191 g/mol. The van der Waals surface area contributed by atoms with Crippen LogP contribution >= 0.6 is 0 Å². The first-order chi connectivity index (χ1) is 6.09. The zero-order valence-electron chi connectivity index (χ0n) is 6.67. The zero-order chi connectivity index (χ0) is 9.47. The summed E-state index contributed by atoms with van der Waals surface area (Å²) in [6.07, 6.45) is -2.80. The molecule has 1 N–H and O–H groups in total. The first-order valence-corrected chi connectivity index (χ1v) is 3.93. The molecule has 1 atom stereocenters. The Morgan fingerprint density at radius 3 is 3.00 bits per heavy atom. The van der Waals surface area contributed by atoms with Crippen molar-refractivity contribution in [1.82, 2.24) is 9.78 Å². The van der Waals surface area contributed by atoms with Crippen LogP contribution in [0.25, 0.3) is 0 Å². The van der Waals surface area contributed by atoms with Crippen LogP contribution in [0.15, 0.2) is 12.3 Å². The molecule has 0 aromatic carbocycles. The second kappa shape index (κ2) is 2.65. The van der Waals surface area contributed by atoms with Crippen LogP contribution in [0.2, 0.25) is 0 Å². The Morgan fingerprint density at radius 2 is 2.31 bits per heavy atom. The Hall–Kier alpha value is -1.20. The lowest BCUT2D eigenvalue weighted by atomic mass is 10.1. The molecule has 0 bridgehead atoms. The van der Waals surface area contributed by atoms with Crippen molar-refractivity contribution in [1.29, 1.82) is 0 Å². The number of halogens is 3. The van der Waals surface area contributed by atoms with Crippen LogP contribution in [-0.2, 0) is 0 Å². The molecule has 1 aliphatic rings. The van der Waals surface area contributed by atoms with E-state index in [0.717, 1.165) is 4.68 Å². The molecule has 0 aliphatic carbocycles. The van der Waals surface area contributed by atoms with Gasteiger partial charge in [-0.3, -0.25) is 0 Å². The number of nitrogens with one attached hydrogen (secondary N) is 1. The Labute approximate surface area is 72.5 Å². The fourth-order valence-corrected chi connectivity index (χ4v) is 1.46. The lowest BCUT2D eigenvalue weighted by molar-refractivity contribution is -0.171. The van der Waals surface area contributed by atoms with E-state index in [4.69, 9.17) is 0 Å². The third-order valence-corrected chi connectivity index (χ3v) is 2.07. The van der Waals surface area contributed by atoms with Crippen LogP contribution < -0.4 is 5.32 Å². The summed E-state index contributed by atoms with van der Waals surface area (Å²) in [6.45, 7) is 0.343. The van der Waals surface area contributed by atoms with Crippen molar-refractivity contribution in [2.75, 3.05) is 11.9 Å². The van der Waals surface area contributed by atoms with Gasteiger partial charge in [0, 0.05) is 12.6 Å². The molecule has 1 aromatic rings. The lowest BCUT2D eigenvalue weighted by Crippen LogP contribution is -2.33. The highest BCUT2D eigenvalue weighted by Gasteiger charge is 2.43. The van der Waals surface area contributed by atoms with Crippen molar-refractivity contribution in [3.05, 3.63) is 12.3 Å². The van der Waals surface area contributed by atoms with Crippen LogP contribution in [-0.4, -0.2) is 22.5 Å². The highest BCUT2D eigenvalue weighted by molar-refractivity contribution is 5.36. The van der Waals surface area contributed by atoms with E-state index < -0.39 is 12.2 Å². The van der Waals surface area contributed by atoms with E-state index in [2.05, 4.69) is 10.4 Å². The molecular formula is C7H8F3N3. The van der Waals surface area contributed by atoms with Crippen LogP contribution in [0, 0.1) is 0 Å². The van der Waals surface area contributed by atoms with Crippen molar-refractivity contribution in [3.63, 3.8) is 0 Å². The number of aromatic nitrogens is 2. The molecule has 1 aromatic heterocycles. The normalized spacial score (nSPS) is 22.2. The number of hydrogen-bond donors (Lipinski definition) is 1. The minimum Gasteiger partial charge on any atom is -0.370 e. The molecule has 1 unspecified atom stereocenters. The van der Waals surface area contributed by atoms with E-state index in [1.54, 1.807) is 0 Å². The van der Waals surface area contributed by atoms with Crippen molar-refractivity contribution in [2.24, 2.45) is 0 Å². The topological polar surface area (TPSA) is 29.9 Å². The summed E-state index contributed by atoms with van der Waals surface area (Å²) in [6, 6.07) is 0.0662. The molecule has 2 heterocycles. The largest absolute Gasteiger partial charge is 0.410 e. The highest BCUT2D eigenvalue weighted by Crippen LogP contribution is 2.36. The molecule has 0 saturated heterocycles. The molecule has 0 spiro atoms. The summed E-state index contributed by atoms with van der Waals surface area (Å²) in [5, 5.41) is 6.48. The van der Waals surface area contributed by atoms with Gasteiger partial charge in [0.2, 0.25) is 0 Å². The fourth-order valence-electron chi connectivity index (χ4n) is 1.46. The van der Waals surface area contributed by atoms with Gasteiger partial charge < -0.3 is 5.32 Å². The van der Waals surface area contributed by atoms with Gasteiger partial charge in [0.25, 0.3) is 0 Å². The smallest absolute Gasteiger partial charge is 0.370 e. The molecule has 6 heteroatoms. The number of anilines is 1. The van der Waals surface area contributed by atoms with Crippen molar-refractivity contribution >= 4 is 5.82 Å². The second-order valence-corrected chi connectivity index (χ2v) is 2.93. The first kappa shape index (κ1) is 8.40. The SMILES string of the molecule is FC(F)(F)C1CCNc2ccnn21. The molecule has 0 fully saturated rings. The molecule has 0 amide bonds. The Kier molecular flexibility index (Phi) is 1.71. The van der Waals surface area contributed by atoms with Gasteiger partial charge >= 0.3 is 6.18 Å². The third kappa shape index (κ3) is 1.36. The molecule has 1 aliphatic heterocycles. The van der Waals surface area contributed by atoms with Gasteiger partial charge in [0.15, 0.2) is 6.04 Å². The maximum Gasteiger partial charge on any atom is 0.410 e. The summed E-state index contributed by atoms with van der Waals surface area (Å²) in [7, 11) is 0. The minimum atomic E-state index is -4.21. The van der Waals surface area contributed by atoms with Crippen molar-refractivity contribution < 1.29 is 13.2 Å². The first-order valence-electron chi connectivity index (χ1n) is 3.93. The Morgan fingerprint density at radius 1 is 1.54 bits per heavy atom. The second-order valence-electron chi connectivity index (χ2n) is 2.93. The maximum atomic E-state index is 12.4. The van der Waals surface area contributed by atoms with Gasteiger partial charge in [-0.1, -0.05) is 0 Å². The Balaban J connectivity index is 2.35. The van der Waals surface area contributed by atoms with Gasteiger partial charge in [-0.2, -0.15) is 18.3 Å². The lowest BCUT2D eigenvalue weighted by Gasteiger charge is -2.27. The zero-order valence-corrected chi connectivity index (χ0v) is 6.67. The molecule has 3 nitrogen and oxygen atoms in total. The molecule has 13 heavy (non-hydrogen) atoms. The number of alkyl halides is 3. The molecule has 2 rings (SSSR count). The van der Waals surface area contributed by atoms with Crippen LogP contribution in [0.1, 0.15) is 12.5 Å². The number of fused-ring (bicyclic) bond motifs is 1. The third-order valence-electron chi connectivity index (χ3n) is 2.07. The standard InChI is InChI=1S/C7H8F3N3/c8-7(9,10)5-1-3-11-6-2-4-12-13(5)6/h2,4-5,11H,1,3H2. The summed E-state index contributed by atoms with van der Waals surface area (Å²) < 4.78 is 38.2. The van der Waals surface area contributed by atoms with E-state index in [1.807, 2.05) is 0 Å². The molecule has 0 saturated carbocycles. The Bertz CT molecular complexity index is 304. The van der Waals surface area contributed by atoms with Crippen LogP contribution in [0.3, 0.4) is 0 Å². The quantitative estimate of drug-likeness (QED) is 0.677. The van der Waals surface area contributed by atoms with Crippen molar-refractivity contribution in [3.8, 4) is 0 Å². The van der Waals surface area contributed by atoms with E-state index in [1.165, 1.54) is 12.3 Å². The molecule has 72 valence electrons. The summed E-state index contributed by atoms with van der Waals surface area (Å²) in [5.41, 5.74) is 0. The number of rotatable bonds is 0. The van der Waals surface area contributed by atoms with Gasteiger partial charge in [-0.05, 0) is 6.42 Å². The summed E-state index contributed by atoms with van der Waals surface area (Å²) in [4.78, 5) is 0. The van der Waals surface area contributed by atoms with E-state index in [-0.39, 0.29) is 6.42 Å². The van der Waals surface area contributed by atoms with Gasteiger partial charge in [-0.15, -0.1) is 0 Å². The molecule has 0 radical (unpaired) electrons. The van der Waals surface area contributed by atoms with Gasteiger partial charge in [0.1, 0.15) is 5.82 Å². The van der Waals surface area contributed by atoms with Gasteiger partial charge in [0.05, 0.1) is 6.20 Å². The number of nitrogens with zero attached hydrogens (tertiary/aromatic N) is 2. The maximum absolute atomic E-state index is 12.4. The fraction of sp³-hybridized carbons (Fsp3) is 0.571. The predicted octanol–water partition coefficient (Wildman–Crippen LogP) is 1.80. The van der Waals surface area contributed by atoms with Crippen LogP contribution in [0.4, 0.5) is 19.0 Å². The minimum absolute atomic E-state index is 0.0399. The van der Waals surface area contributed by atoms with Gasteiger partial charge in [-0.25, -0.2) is 4.68 Å². The van der Waals surface area contributed by atoms with Crippen molar-refractivity contribution in [2.45, 2.75) is 18.6 Å². The van der Waals surface area contributed by atoms with E-state index in [9.17, 15) is 13.2 Å². The number of hydrogen-bond acceptors (Lipinski definition) is 2. The van der Waals surface area contributed by atoms with E-state index >= 15 is 0 Å². The monoisotopic (exact) mass is 191 g/mol. The molecular weight excluding hydrogens is 183 g/mol. The average Bonchev–Trinajstić information content (AvgIpc) is 2.48. The summed E-state index contributed by atoms with van der Waals surface area (Å²) in [5.74, 6) is 0.438. The summed E-state index contributed by atoms with van der Waals surface area (Å²) >= 11 is 0. The van der Waals surface area contributed by atoms with Crippen LogP contribution in [0.5, 0.6) is 0 Å². The van der Waals surface area contributed by atoms with E-state index in [0.29, 0.717) is 12.4 Å². The highest BCUT2D eigenvalue weighted by atomic mass is 19.4.